The Morgan fingerprint density at radius 1 is 0.943 bits per heavy atom. The first kappa shape index (κ1) is 26.0. The quantitative estimate of drug-likeness (QED) is 0.299. The summed E-state index contributed by atoms with van der Waals surface area (Å²) in [5.74, 6) is -1.11. The first-order valence-electron chi connectivity index (χ1n) is 11.6. The van der Waals surface area contributed by atoms with Crippen molar-refractivity contribution in [3.05, 3.63) is 78.0 Å². The molecule has 2 aromatic carbocycles. The predicted molar refractivity (Wildman–Crippen MR) is 135 cm³/mol. The van der Waals surface area contributed by atoms with Gasteiger partial charge >= 0.3 is 0 Å². The molecule has 2 atom stereocenters. The summed E-state index contributed by atoms with van der Waals surface area (Å²) in [5, 5.41) is 3.67. The number of aromatic nitrogens is 1. The van der Waals surface area contributed by atoms with Gasteiger partial charge in [-0.15, -0.1) is 0 Å². The van der Waals surface area contributed by atoms with Gasteiger partial charge in [0.05, 0.1) is 18.0 Å². The Bertz CT molecular complexity index is 1150. The van der Waals surface area contributed by atoms with Gasteiger partial charge in [0, 0.05) is 44.2 Å². The third-order valence-electron chi connectivity index (χ3n) is 5.65. The maximum atomic E-state index is 13.3. The highest BCUT2D eigenvalue weighted by Crippen LogP contribution is 2.19. The van der Waals surface area contributed by atoms with E-state index in [-0.39, 0.29) is 37.6 Å². The lowest BCUT2D eigenvalue weighted by atomic mass is 9.97. The molecule has 9 heteroatoms. The molecule has 2 amide bonds. The van der Waals surface area contributed by atoms with Crippen LogP contribution in [0.15, 0.2) is 66.9 Å². The SMILES string of the molecule is NCCN(CCN)C(=O)C[C@H](N)C(=O)N[C@H](C(=O)Cc1cnc2ccccc2c1)c1ccccc1. The number of hydrogen-bond donors (Lipinski definition) is 4. The number of amides is 2. The van der Waals surface area contributed by atoms with Crippen LogP contribution in [-0.2, 0) is 20.8 Å². The Labute approximate surface area is 204 Å². The first-order chi connectivity index (χ1) is 16.9. The predicted octanol–water partition coefficient (Wildman–Crippen LogP) is 0.667. The molecule has 0 spiro atoms. The van der Waals surface area contributed by atoms with E-state index in [1.165, 1.54) is 4.90 Å². The number of Topliss-reactive ketones (excluding diaryl/α,β-unsaturated/α-hetero) is 1. The lowest BCUT2D eigenvalue weighted by Gasteiger charge is -2.24. The minimum absolute atomic E-state index is 0.0760. The van der Waals surface area contributed by atoms with E-state index in [0.29, 0.717) is 18.7 Å². The summed E-state index contributed by atoms with van der Waals surface area (Å²) in [4.78, 5) is 44.7. The number of carbonyl (C=O) groups excluding carboxylic acids is 3. The molecule has 184 valence electrons. The molecule has 3 aromatic rings. The van der Waals surface area contributed by atoms with Crippen LogP contribution in [0, 0.1) is 0 Å². The number of carbonyl (C=O) groups is 3. The van der Waals surface area contributed by atoms with Crippen molar-refractivity contribution in [1.29, 1.82) is 0 Å². The second-order valence-electron chi connectivity index (χ2n) is 8.30. The molecule has 0 bridgehead atoms. The van der Waals surface area contributed by atoms with Crippen LogP contribution in [0.25, 0.3) is 10.9 Å². The smallest absolute Gasteiger partial charge is 0.238 e. The minimum Gasteiger partial charge on any atom is -0.341 e. The third kappa shape index (κ3) is 7.16. The number of fused-ring (bicyclic) bond motifs is 1. The zero-order valence-electron chi connectivity index (χ0n) is 19.6. The molecular formula is C26H32N6O3. The number of pyridine rings is 1. The van der Waals surface area contributed by atoms with Gasteiger partial charge in [-0.1, -0.05) is 48.5 Å². The topological polar surface area (TPSA) is 157 Å². The van der Waals surface area contributed by atoms with Crippen LogP contribution in [0.5, 0.6) is 0 Å². The molecule has 0 fully saturated rings. The first-order valence-corrected chi connectivity index (χ1v) is 11.6. The highest BCUT2D eigenvalue weighted by molar-refractivity contribution is 5.94. The van der Waals surface area contributed by atoms with Crippen molar-refractivity contribution in [3.8, 4) is 0 Å². The van der Waals surface area contributed by atoms with E-state index in [0.717, 1.165) is 16.5 Å². The van der Waals surface area contributed by atoms with Crippen molar-refractivity contribution in [3.63, 3.8) is 0 Å². The largest absolute Gasteiger partial charge is 0.341 e. The molecule has 35 heavy (non-hydrogen) atoms. The number of nitrogens with zero attached hydrogens (tertiary/aromatic N) is 2. The second-order valence-corrected chi connectivity index (χ2v) is 8.30. The lowest BCUT2D eigenvalue weighted by molar-refractivity contribution is -0.134. The highest BCUT2D eigenvalue weighted by Gasteiger charge is 2.27. The number of nitrogens with one attached hydrogen (secondary N) is 1. The maximum Gasteiger partial charge on any atom is 0.238 e. The van der Waals surface area contributed by atoms with Crippen molar-refractivity contribution < 1.29 is 14.4 Å². The van der Waals surface area contributed by atoms with E-state index in [4.69, 9.17) is 17.2 Å². The van der Waals surface area contributed by atoms with Crippen LogP contribution in [0.3, 0.4) is 0 Å². The zero-order chi connectivity index (χ0) is 25.2. The summed E-state index contributed by atoms with van der Waals surface area (Å²) >= 11 is 0. The van der Waals surface area contributed by atoms with E-state index in [1.54, 1.807) is 30.5 Å². The van der Waals surface area contributed by atoms with Crippen LogP contribution >= 0.6 is 0 Å². The molecule has 0 unspecified atom stereocenters. The fourth-order valence-electron chi connectivity index (χ4n) is 3.84. The Kier molecular flexibility index (Phi) is 9.42. The van der Waals surface area contributed by atoms with Crippen LogP contribution in [0.2, 0.25) is 0 Å². The van der Waals surface area contributed by atoms with E-state index in [1.807, 2.05) is 36.4 Å². The number of rotatable bonds is 12. The average molecular weight is 477 g/mol. The number of nitrogens with two attached hydrogens (primary N) is 3. The molecule has 1 aromatic heterocycles. The molecular weight excluding hydrogens is 444 g/mol. The van der Waals surface area contributed by atoms with E-state index < -0.39 is 18.0 Å². The third-order valence-corrected chi connectivity index (χ3v) is 5.65. The number of hydrogen-bond acceptors (Lipinski definition) is 7. The van der Waals surface area contributed by atoms with Gasteiger partial charge in [-0.2, -0.15) is 0 Å². The second kappa shape index (κ2) is 12.7. The number of para-hydroxylation sites is 1. The van der Waals surface area contributed by atoms with Gasteiger partial charge in [0.1, 0.15) is 6.04 Å². The minimum atomic E-state index is -1.12. The fourth-order valence-corrected chi connectivity index (χ4v) is 3.84. The van der Waals surface area contributed by atoms with Crippen molar-refractivity contribution in [1.82, 2.24) is 15.2 Å². The molecule has 0 saturated heterocycles. The van der Waals surface area contributed by atoms with E-state index >= 15 is 0 Å². The summed E-state index contributed by atoms with van der Waals surface area (Å²) < 4.78 is 0. The summed E-state index contributed by atoms with van der Waals surface area (Å²) in [7, 11) is 0. The zero-order valence-corrected chi connectivity index (χ0v) is 19.6. The number of ketones is 1. The van der Waals surface area contributed by atoms with Crippen molar-refractivity contribution >= 4 is 28.5 Å². The van der Waals surface area contributed by atoms with Gasteiger partial charge in [-0.3, -0.25) is 19.4 Å². The Balaban J connectivity index is 1.73. The fraction of sp³-hybridized carbons (Fsp3) is 0.308. The van der Waals surface area contributed by atoms with E-state index in [2.05, 4.69) is 10.3 Å². The normalized spacial score (nSPS) is 12.7. The molecule has 3 rings (SSSR count). The Morgan fingerprint density at radius 2 is 1.60 bits per heavy atom. The van der Waals surface area contributed by atoms with Gasteiger partial charge in [0.15, 0.2) is 5.78 Å². The Morgan fingerprint density at radius 3 is 2.29 bits per heavy atom. The van der Waals surface area contributed by atoms with Crippen LogP contribution < -0.4 is 22.5 Å². The molecule has 9 nitrogen and oxygen atoms in total. The van der Waals surface area contributed by atoms with Gasteiger partial charge in [-0.25, -0.2) is 0 Å². The summed E-state index contributed by atoms with van der Waals surface area (Å²) in [6, 6.07) is 16.5. The van der Waals surface area contributed by atoms with Crippen molar-refractivity contribution in [2.75, 3.05) is 26.2 Å². The van der Waals surface area contributed by atoms with Crippen LogP contribution in [0.4, 0.5) is 0 Å². The summed E-state index contributed by atoms with van der Waals surface area (Å²) in [6.45, 7) is 1.22. The van der Waals surface area contributed by atoms with Gasteiger partial charge in [-0.05, 0) is 23.3 Å². The molecule has 0 aliphatic carbocycles. The van der Waals surface area contributed by atoms with Crippen LogP contribution in [-0.4, -0.2) is 59.7 Å². The van der Waals surface area contributed by atoms with E-state index in [9.17, 15) is 14.4 Å². The average Bonchev–Trinajstić information content (AvgIpc) is 2.87. The van der Waals surface area contributed by atoms with Gasteiger partial charge < -0.3 is 27.4 Å². The molecule has 7 N–H and O–H groups in total. The lowest BCUT2D eigenvalue weighted by Crippen LogP contribution is -2.48. The number of benzene rings is 2. The molecule has 0 aliphatic heterocycles. The molecule has 0 aliphatic rings. The molecule has 0 saturated carbocycles. The Hall–Kier alpha value is -3.66. The van der Waals surface area contributed by atoms with Crippen molar-refractivity contribution in [2.24, 2.45) is 17.2 Å². The monoisotopic (exact) mass is 476 g/mol. The molecule has 1 heterocycles. The van der Waals surface area contributed by atoms with Gasteiger partial charge in [0.25, 0.3) is 0 Å². The summed E-state index contributed by atoms with van der Waals surface area (Å²) in [6.07, 6.45) is 1.53. The summed E-state index contributed by atoms with van der Waals surface area (Å²) in [5.41, 5.74) is 19.4. The standard InChI is InChI=1S/C26H32N6O3/c27-10-12-32(13-11-28)24(34)16-21(29)26(35)31-25(19-6-2-1-3-7-19)23(33)15-18-14-20-8-4-5-9-22(20)30-17-18/h1-9,14,17,21,25H,10-13,15-16,27-29H2,(H,31,35)/t21-,25-/m0/s1. The molecule has 0 radical (unpaired) electrons. The highest BCUT2D eigenvalue weighted by atomic mass is 16.2. The van der Waals surface area contributed by atoms with Gasteiger partial charge in [0.2, 0.25) is 11.8 Å². The maximum absolute atomic E-state index is 13.3. The van der Waals surface area contributed by atoms with Crippen LogP contribution in [0.1, 0.15) is 23.6 Å². The van der Waals surface area contributed by atoms with Crippen molar-refractivity contribution in [2.45, 2.75) is 24.9 Å².